The fraction of sp³-hybridized carbons (Fsp3) is 0.909. The molecule has 7 nitrogen and oxygen atoms in total. The molecule has 0 aliphatic carbocycles. The average Bonchev–Trinajstić information content (AvgIpc) is 3.18. The van der Waals surface area contributed by atoms with E-state index in [1.165, 1.54) is 25.7 Å². The summed E-state index contributed by atoms with van der Waals surface area (Å²) in [6.07, 6.45) is 11.6. The van der Waals surface area contributed by atoms with Crippen LogP contribution in [0.25, 0.3) is 0 Å². The maximum Gasteiger partial charge on any atom is 0.241 e. The van der Waals surface area contributed by atoms with Gasteiger partial charge in [0.15, 0.2) is 0 Å². The van der Waals surface area contributed by atoms with Gasteiger partial charge in [0, 0.05) is 13.0 Å². The zero-order chi connectivity index (χ0) is 22.3. The van der Waals surface area contributed by atoms with Crippen LogP contribution in [0.15, 0.2) is 0 Å². The Morgan fingerprint density at radius 1 is 1.07 bits per heavy atom. The molecule has 2 rings (SSSR count). The molecule has 0 aromatic heterocycles. The van der Waals surface area contributed by atoms with E-state index in [1.807, 2.05) is 11.8 Å². The monoisotopic (exact) mass is 443 g/mol. The molecule has 2 amide bonds. The highest BCUT2D eigenvalue weighted by atomic mass is 32.2. The first-order valence-corrected chi connectivity index (χ1v) is 13.5. The molecular weight excluding hydrogens is 402 g/mol. The van der Waals surface area contributed by atoms with Crippen LogP contribution >= 0.6 is 0 Å². The molecule has 0 aromatic rings. The Balaban J connectivity index is 1.79. The van der Waals surface area contributed by atoms with Gasteiger partial charge in [0.1, 0.15) is 0 Å². The lowest BCUT2D eigenvalue weighted by Crippen LogP contribution is -2.43. The third-order valence-corrected chi connectivity index (χ3v) is 7.61. The Labute approximate surface area is 183 Å². The molecule has 2 aliphatic heterocycles. The van der Waals surface area contributed by atoms with Crippen LogP contribution in [0.2, 0.25) is 0 Å². The highest BCUT2D eigenvalue weighted by Crippen LogP contribution is 2.40. The van der Waals surface area contributed by atoms with E-state index >= 15 is 0 Å². The second kappa shape index (κ2) is 11.5. The molecule has 0 unspecified atom stereocenters. The number of amides is 2. The van der Waals surface area contributed by atoms with Crippen LogP contribution in [-0.4, -0.2) is 79.9 Å². The second-order valence-electron chi connectivity index (χ2n) is 9.25. The minimum Gasteiger partial charge on any atom is -0.337 e. The highest BCUT2D eigenvalue weighted by molar-refractivity contribution is 7.88. The summed E-state index contributed by atoms with van der Waals surface area (Å²) >= 11 is 0. The topological polar surface area (TPSA) is 78.0 Å². The number of carbonyl (C=O) groups excluding carboxylic acids is 2. The molecule has 0 spiro atoms. The molecule has 0 aromatic carbocycles. The molecule has 2 heterocycles. The number of nitrogens with zero attached hydrogens (tertiary/aromatic N) is 3. The molecule has 0 bridgehead atoms. The molecule has 0 saturated carbocycles. The minimum atomic E-state index is -3.60. The van der Waals surface area contributed by atoms with Crippen LogP contribution in [0.3, 0.4) is 0 Å². The highest BCUT2D eigenvalue weighted by Gasteiger charge is 2.56. The van der Waals surface area contributed by atoms with Gasteiger partial charge in [-0.25, -0.2) is 12.7 Å². The number of carbonyl (C=O) groups is 2. The van der Waals surface area contributed by atoms with Gasteiger partial charge >= 0.3 is 0 Å². The molecular formula is C22H41N3O4S. The number of hydrogen-bond donors (Lipinski definition) is 0. The van der Waals surface area contributed by atoms with E-state index in [0.29, 0.717) is 25.8 Å². The summed E-state index contributed by atoms with van der Waals surface area (Å²) in [5.74, 6) is -0.623. The number of likely N-dealkylation sites (tertiary alicyclic amines) is 1. The van der Waals surface area contributed by atoms with E-state index in [0.717, 1.165) is 42.8 Å². The summed E-state index contributed by atoms with van der Waals surface area (Å²) < 4.78 is 25.4. The quantitative estimate of drug-likeness (QED) is 0.409. The molecule has 8 heteroatoms. The summed E-state index contributed by atoms with van der Waals surface area (Å²) in [7, 11) is 0.601. The van der Waals surface area contributed by atoms with Crippen molar-refractivity contribution in [2.75, 3.05) is 33.4 Å². The molecule has 3 atom stereocenters. The Bertz CT molecular complexity index is 680. The van der Waals surface area contributed by atoms with Crippen molar-refractivity contribution in [1.29, 1.82) is 0 Å². The summed E-state index contributed by atoms with van der Waals surface area (Å²) in [4.78, 5) is 29.7. The smallest absolute Gasteiger partial charge is 0.241 e. The van der Waals surface area contributed by atoms with Crippen molar-refractivity contribution >= 4 is 21.8 Å². The van der Waals surface area contributed by atoms with Crippen molar-refractivity contribution in [3.8, 4) is 0 Å². The van der Waals surface area contributed by atoms with Crippen molar-refractivity contribution in [1.82, 2.24) is 14.1 Å². The maximum absolute atomic E-state index is 12.9. The van der Waals surface area contributed by atoms with Crippen LogP contribution in [-0.2, 0) is 19.6 Å². The molecule has 174 valence electrons. The normalized spacial score (nSPS) is 24.2. The minimum absolute atomic E-state index is 0.0812. The Morgan fingerprint density at radius 2 is 1.67 bits per heavy atom. The zero-order valence-electron chi connectivity index (χ0n) is 19.3. The lowest BCUT2D eigenvalue weighted by atomic mass is 9.94. The van der Waals surface area contributed by atoms with E-state index in [-0.39, 0.29) is 29.8 Å². The molecule has 30 heavy (non-hydrogen) atoms. The fourth-order valence-corrected chi connectivity index (χ4v) is 6.23. The number of sulfonamides is 1. The predicted octanol–water partition coefficient (Wildman–Crippen LogP) is 2.86. The van der Waals surface area contributed by atoms with Gasteiger partial charge in [0.25, 0.3) is 0 Å². The van der Waals surface area contributed by atoms with E-state index in [9.17, 15) is 18.0 Å². The van der Waals surface area contributed by atoms with E-state index < -0.39 is 10.0 Å². The summed E-state index contributed by atoms with van der Waals surface area (Å²) in [6, 6.07) is -0.661. The Hall–Kier alpha value is -1.15. The van der Waals surface area contributed by atoms with Crippen molar-refractivity contribution in [2.24, 2.45) is 5.92 Å². The Morgan fingerprint density at radius 3 is 2.23 bits per heavy atom. The van der Waals surface area contributed by atoms with Gasteiger partial charge in [-0.05, 0) is 46.3 Å². The van der Waals surface area contributed by atoms with Crippen LogP contribution < -0.4 is 0 Å². The lowest BCUT2D eigenvalue weighted by molar-refractivity contribution is -0.134. The number of hydrogen-bond acceptors (Lipinski definition) is 5. The lowest BCUT2D eigenvalue weighted by Gasteiger charge is -2.27. The predicted molar refractivity (Wildman–Crippen MR) is 119 cm³/mol. The van der Waals surface area contributed by atoms with Crippen molar-refractivity contribution in [2.45, 2.75) is 89.6 Å². The third kappa shape index (κ3) is 6.42. The second-order valence-corrected chi connectivity index (χ2v) is 11.1. The fourth-order valence-electron chi connectivity index (χ4n) is 5.05. The molecule has 0 N–H and O–H groups in total. The first kappa shape index (κ1) is 25.1. The molecule has 2 fully saturated rings. The summed E-state index contributed by atoms with van der Waals surface area (Å²) in [5.41, 5.74) is 0. The molecule has 2 saturated heterocycles. The average molecular weight is 444 g/mol. The van der Waals surface area contributed by atoms with Gasteiger partial charge in [0.05, 0.1) is 24.3 Å². The SMILES string of the molecule is CCC[C@H]1C(=O)N(S(C)(=O)=O)[C@H]2CCN(C(=O)CCCCCCCCCN(C)C)[C@H]12. The largest absolute Gasteiger partial charge is 0.337 e. The van der Waals surface area contributed by atoms with Gasteiger partial charge in [-0.2, -0.15) is 0 Å². The summed E-state index contributed by atoms with van der Waals surface area (Å²) in [5, 5.41) is 0. The number of rotatable bonds is 13. The Kier molecular flexibility index (Phi) is 9.60. The van der Waals surface area contributed by atoms with Crippen LogP contribution in [0.5, 0.6) is 0 Å². The van der Waals surface area contributed by atoms with E-state index in [1.54, 1.807) is 0 Å². The van der Waals surface area contributed by atoms with Crippen LogP contribution in [0, 0.1) is 5.92 Å². The van der Waals surface area contributed by atoms with Gasteiger partial charge in [0.2, 0.25) is 21.8 Å². The van der Waals surface area contributed by atoms with Gasteiger partial charge in [-0.3, -0.25) is 9.59 Å². The van der Waals surface area contributed by atoms with Crippen molar-refractivity contribution < 1.29 is 18.0 Å². The molecule has 0 radical (unpaired) electrons. The van der Waals surface area contributed by atoms with Crippen LogP contribution in [0.1, 0.15) is 77.6 Å². The standard InChI is InChI=1S/C22H41N3O4S/c1-5-13-18-21-19(25(22(18)27)30(4,28)29)15-17-24(21)20(26)14-11-9-7-6-8-10-12-16-23(2)3/h18-19,21H,5-17H2,1-4H3/t18-,19+,21-/m1/s1. The van der Waals surface area contributed by atoms with Crippen LogP contribution in [0.4, 0.5) is 0 Å². The third-order valence-electron chi connectivity index (χ3n) is 6.44. The van der Waals surface area contributed by atoms with E-state index in [4.69, 9.17) is 0 Å². The zero-order valence-corrected chi connectivity index (χ0v) is 20.1. The van der Waals surface area contributed by atoms with Gasteiger partial charge in [-0.15, -0.1) is 0 Å². The number of unbranched alkanes of at least 4 members (excludes halogenated alkanes) is 6. The first-order chi connectivity index (χ1) is 14.2. The van der Waals surface area contributed by atoms with Crippen molar-refractivity contribution in [3.05, 3.63) is 0 Å². The summed E-state index contributed by atoms with van der Waals surface area (Å²) in [6.45, 7) is 3.69. The van der Waals surface area contributed by atoms with Crippen molar-refractivity contribution in [3.63, 3.8) is 0 Å². The van der Waals surface area contributed by atoms with E-state index in [2.05, 4.69) is 19.0 Å². The first-order valence-electron chi connectivity index (χ1n) is 11.7. The van der Waals surface area contributed by atoms with Gasteiger partial charge < -0.3 is 9.80 Å². The maximum atomic E-state index is 12.9. The molecule has 2 aliphatic rings. The van der Waals surface area contributed by atoms with Gasteiger partial charge in [-0.1, -0.05) is 45.4 Å². The number of fused-ring (bicyclic) bond motifs is 1.